The number of nitrogens with one attached hydrogen (secondary N) is 2. The van der Waals surface area contributed by atoms with Gasteiger partial charge in [0, 0.05) is 23.7 Å². The van der Waals surface area contributed by atoms with Gasteiger partial charge in [-0.3, -0.25) is 9.59 Å². The van der Waals surface area contributed by atoms with Crippen molar-refractivity contribution in [1.29, 1.82) is 0 Å². The Morgan fingerprint density at radius 3 is 2.50 bits per heavy atom. The van der Waals surface area contributed by atoms with Crippen LogP contribution >= 0.6 is 0 Å². The van der Waals surface area contributed by atoms with Crippen LogP contribution in [0.25, 0.3) is 0 Å². The summed E-state index contributed by atoms with van der Waals surface area (Å²) >= 11 is 0. The normalized spacial score (nSPS) is 13.0. The molecule has 0 radical (unpaired) electrons. The van der Waals surface area contributed by atoms with E-state index < -0.39 is 11.6 Å². The van der Waals surface area contributed by atoms with Gasteiger partial charge in [-0.25, -0.2) is 13.9 Å². The Morgan fingerprint density at radius 2 is 1.73 bits per heavy atom. The van der Waals surface area contributed by atoms with E-state index in [-0.39, 0.29) is 23.5 Å². The number of carbonyl (C=O) groups is 1. The molecule has 0 bridgehead atoms. The number of fused-ring (bicyclic) bond motifs is 1. The maximum Gasteiger partial charge on any atom is 0.267 e. The molecule has 1 heterocycles. The minimum atomic E-state index is -0.712. The highest BCUT2D eigenvalue weighted by Gasteiger charge is 2.18. The van der Waals surface area contributed by atoms with Gasteiger partial charge in [0.2, 0.25) is 5.91 Å². The number of aromatic nitrogens is 2. The predicted molar refractivity (Wildman–Crippen MR) is 109 cm³/mol. The first-order valence-electron chi connectivity index (χ1n) is 9.91. The highest BCUT2D eigenvalue weighted by molar-refractivity contribution is 5.92. The van der Waals surface area contributed by atoms with Gasteiger partial charge in [-0.1, -0.05) is 12.1 Å². The van der Waals surface area contributed by atoms with Gasteiger partial charge in [-0.15, -0.1) is 0 Å². The maximum absolute atomic E-state index is 13.3. The molecule has 0 unspecified atom stereocenters. The van der Waals surface area contributed by atoms with Crippen molar-refractivity contribution in [1.82, 2.24) is 10.2 Å². The van der Waals surface area contributed by atoms with Crippen molar-refractivity contribution in [2.24, 2.45) is 0 Å². The summed E-state index contributed by atoms with van der Waals surface area (Å²) < 4.78 is 26.6. The van der Waals surface area contributed by atoms with Crippen LogP contribution in [0.3, 0.4) is 0 Å². The zero-order chi connectivity index (χ0) is 21.1. The molecule has 0 aliphatic heterocycles. The second kappa shape index (κ2) is 8.57. The number of benzene rings is 2. The molecule has 0 fully saturated rings. The zero-order valence-electron chi connectivity index (χ0n) is 16.3. The molecule has 1 amide bonds. The smallest absolute Gasteiger partial charge is 0.267 e. The third-order valence-corrected chi connectivity index (χ3v) is 5.25. The Bertz CT molecular complexity index is 1140. The van der Waals surface area contributed by atoms with Crippen LogP contribution in [0.5, 0.6) is 0 Å². The van der Waals surface area contributed by atoms with E-state index in [1.165, 1.54) is 0 Å². The third-order valence-electron chi connectivity index (χ3n) is 5.25. The van der Waals surface area contributed by atoms with Crippen LogP contribution < -0.4 is 10.9 Å². The monoisotopic (exact) mass is 409 g/mol. The Morgan fingerprint density at radius 1 is 1.00 bits per heavy atom. The summed E-state index contributed by atoms with van der Waals surface area (Å²) in [6, 6.07) is 10.4. The molecule has 0 saturated carbocycles. The summed E-state index contributed by atoms with van der Waals surface area (Å²) in [5.74, 6) is -1.79. The first-order valence-corrected chi connectivity index (χ1v) is 9.91. The average molecular weight is 409 g/mol. The molecule has 1 aromatic heterocycles. The second-order valence-corrected chi connectivity index (χ2v) is 7.54. The van der Waals surface area contributed by atoms with Gasteiger partial charge in [0.25, 0.3) is 5.56 Å². The number of H-pyrrole nitrogens is 1. The Balaban J connectivity index is 1.48. The highest BCUT2D eigenvalue weighted by Crippen LogP contribution is 2.23. The number of nitrogens with zero attached hydrogens (tertiary/aromatic N) is 1. The van der Waals surface area contributed by atoms with Crippen LogP contribution in [0.15, 0.2) is 47.3 Å². The van der Waals surface area contributed by atoms with Crippen LogP contribution in [0.4, 0.5) is 14.5 Å². The van der Waals surface area contributed by atoms with Crippen LogP contribution in [0.2, 0.25) is 0 Å². The second-order valence-electron chi connectivity index (χ2n) is 7.54. The zero-order valence-corrected chi connectivity index (χ0v) is 16.3. The molecule has 1 aliphatic rings. The average Bonchev–Trinajstić information content (AvgIpc) is 2.70. The summed E-state index contributed by atoms with van der Waals surface area (Å²) in [4.78, 5) is 24.3. The number of amides is 1. The van der Waals surface area contributed by atoms with E-state index in [9.17, 15) is 18.4 Å². The van der Waals surface area contributed by atoms with E-state index in [1.54, 1.807) is 6.07 Å². The minimum Gasteiger partial charge on any atom is -0.326 e. The molecule has 7 heteroatoms. The Labute approximate surface area is 172 Å². The van der Waals surface area contributed by atoms with E-state index in [0.717, 1.165) is 66.3 Å². The number of anilines is 1. The van der Waals surface area contributed by atoms with Crippen LogP contribution in [0.1, 0.15) is 40.8 Å². The fourth-order valence-corrected chi connectivity index (χ4v) is 3.93. The Hall–Kier alpha value is -3.35. The highest BCUT2D eigenvalue weighted by atomic mass is 19.1. The number of rotatable bonds is 5. The SMILES string of the molecule is O=C(Cc1cc(F)cc(F)c1)Nc1cccc(Cc2n[nH]c(=O)c3c2CCCC3)c1. The number of halogens is 2. The van der Waals surface area contributed by atoms with Gasteiger partial charge < -0.3 is 5.32 Å². The van der Waals surface area contributed by atoms with Gasteiger partial charge in [0.15, 0.2) is 0 Å². The fraction of sp³-hybridized carbons (Fsp3) is 0.261. The summed E-state index contributed by atoms with van der Waals surface area (Å²) in [5, 5.41) is 9.61. The van der Waals surface area contributed by atoms with E-state index in [2.05, 4.69) is 15.5 Å². The lowest BCUT2D eigenvalue weighted by molar-refractivity contribution is -0.115. The molecule has 0 saturated heterocycles. The molecule has 4 rings (SSSR count). The summed E-state index contributed by atoms with van der Waals surface area (Å²) in [6.45, 7) is 0. The molecule has 5 nitrogen and oxygen atoms in total. The quantitative estimate of drug-likeness (QED) is 0.675. The molecule has 154 valence electrons. The molecule has 0 spiro atoms. The minimum absolute atomic E-state index is 0.108. The van der Waals surface area contributed by atoms with Gasteiger partial charge in [0.05, 0.1) is 12.1 Å². The topological polar surface area (TPSA) is 74.8 Å². The fourth-order valence-electron chi connectivity index (χ4n) is 3.93. The van der Waals surface area contributed by atoms with Crippen LogP contribution in [-0.4, -0.2) is 16.1 Å². The summed E-state index contributed by atoms with van der Waals surface area (Å²) in [7, 11) is 0. The molecule has 2 aromatic carbocycles. The lowest BCUT2D eigenvalue weighted by Gasteiger charge is -2.17. The van der Waals surface area contributed by atoms with Crippen molar-refractivity contribution in [2.75, 3.05) is 5.32 Å². The van der Waals surface area contributed by atoms with E-state index >= 15 is 0 Å². The van der Waals surface area contributed by atoms with Crippen molar-refractivity contribution >= 4 is 11.6 Å². The van der Waals surface area contributed by atoms with Crippen molar-refractivity contribution in [2.45, 2.75) is 38.5 Å². The van der Waals surface area contributed by atoms with Gasteiger partial charge in [-0.2, -0.15) is 5.10 Å². The van der Waals surface area contributed by atoms with Crippen LogP contribution in [0, 0.1) is 11.6 Å². The maximum atomic E-state index is 13.3. The molecule has 2 N–H and O–H groups in total. The molecule has 30 heavy (non-hydrogen) atoms. The van der Waals surface area contributed by atoms with E-state index in [4.69, 9.17) is 0 Å². The van der Waals surface area contributed by atoms with Crippen molar-refractivity contribution in [3.05, 3.63) is 92.4 Å². The predicted octanol–water partition coefficient (Wildman–Crippen LogP) is 3.70. The molecule has 0 atom stereocenters. The lowest BCUT2D eigenvalue weighted by atomic mass is 9.90. The van der Waals surface area contributed by atoms with Crippen molar-refractivity contribution < 1.29 is 13.6 Å². The number of carbonyl (C=O) groups excluding carboxylic acids is 1. The lowest BCUT2D eigenvalue weighted by Crippen LogP contribution is -2.23. The number of hydrogen-bond acceptors (Lipinski definition) is 3. The first-order chi connectivity index (χ1) is 14.5. The summed E-state index contributed by atoms with van der Waals surface area (Å²) in [5.41, 5.74) is 4.41. The van der Waals surface area contributed by atoms with Crippen LogP contribution in [-0.2, 0) is 30.5 Å². The third kappa shape index (κ3) is 4.62. The van der Waals surface area contributed by atoms with E-state index in [1.807, 2.05) is 18.2 Å². The van der Waals surface area contributed by atoms with Crippen molar-refractivity contribution in [3.8, 4) is 0 Å². The van der Waals surface area contributed by atoms with Gasteiger partial charge >= 0.3 is 0 Å². The van der Waals surface area contributed by atoms with Gasteiger partial charge in [0.1, 0.15) is 11.6 Å². The summed E-state index contributed by atoms with van der Waals surface area (Å²) in [6.07, 6.45) is 4.09. The standard InChI is InChI=1S/C23H21F2N3O2/c24-16-8-15(9-17(25)13-16)12-22(29)26-18-5-3-4-14(10-18)11-21-19-6-1-2-7-20(19)23(30)28-27-21/h3-5,8-10,13H,1-2,6-7,11-12H2,(H,26,29)(H,28,30). The van der Waals surface area contributed by atoms with Gasteiger partial charge in [-0.05, 0) is 66.6 Å². The molecule has 1 aliphatic carbocycles. The first kappa shape index (κ1) is 19.9. The molecular weight excluding hydrogens is 388 g/mol. The molecule has 3 aromatic rings. The Kier molecular flexibility index (Phi) is 5.70. The molecular formula is C23H21F2N3O2. The number of aromatic amines is 1. The van der Waals surface area contributed by atoms with Crippen molar-refractivity contribution in [3.63, 3.8) is 0 Å². The number of hydrogen-bond donors (Lipinski definition) is 2. The van der Waals surface area contributed by atoms with E-state index in [0.29, 0.717) is 12.1 Å². The largest absolute Gasteiger partial charge is 0.326 e.